The van der Waals surface area contributed by atoms with Crippen LogP contribution in [-0.4, -0.2) is 58.8 Å². The van der Waals surface area contributed by atoms with Gasteiger partial charge >= 0.3 is 6.03 Å². The SMILES string of the molecule is CN(CO)C(=O)CCCC1SCC2NC(=O)NC21. The van der Waals surface area contributed by atoms with Crippen molar-refractivity contribution in [1.82, 2.24) is 15.5 Å². The third-order valence-electron chi connectivity index (χ3n) is 3.46. The molecule has 2 aliphatic rings. The number of aliphatic hydroxyl groups is 1. The van der Waals surface area contributed by atoms with E-state index in [1.54, 1.807) is 7.05 Å². The quantitative estimate of drug-likeness (QED) is 0.476. The summed E-state index contributed by atoms with van der Waals surface area (Å²) >= 11 is 1.85. The first-order valence-corrected chi connectivity index (χ1v) is 7.20. The van der Waals surface area contributed by atoms with Crippen molar-refractivity contribution in [2.75, 3.05) is 19.5 Å². The molecule has 3 amide bonds. The van der Waals surface area contributed by atoms with Crippen molar-refractivity contribution in [2.24, 2.45) is 0 Å². The first kappa shape index (κ1) is 13.5. The molecule has 2 rings (SSSR count). The standard InChI is InChI=1S/C11H19N3O3S/c1-14(6-15)9(16)4-2-3-8-10-7(5-18-8)12-11(17)13-10/h7-8,10,15H,2-6H2,1H3,(H2,12,13,17). The second-order valence-electron chi connectivity index (χ2n) is 4.75. The molecule has 2 saturated heterocycles. The van der Waals surface area contributed by atoms with Gasteiger partial charge in [0.05, 0.1) is 12.1 Å². The van der Waals surface area contributed by atoms with Crippen molar-refractivity contribution in [3.05, 3.63) is 0 Å². The van der Waals surface area contributed by atoms with E-state index < -0.39 is 0 Å². The van der Waals surface area contributed by atoms with Crippen molar-refractivity contribution < 1.29 is 14.7 Å². The Kier molecular flexibility index (Phi) is 4.34. The Bertz CT molecular complexity index is 339. The highest BCUT2D eigenvalue weighted by molar-refractivity contribution is 8.00. The second kappa shape index (κ2) is 5.79. The number of urea groups is 1. The average molecular weight is 273 g/mol. The molecule has 3 N–H and O–H groups in total. The Morgan fingerprint density at radius 3 is 3.06 bits per heavy atom. The zero-order valence-corrected chi connectivity index (χ0v) is 11.2. The molecule has 0 aromatic carbocycles. The van der Waals surface area contributed by atoms with Gasteiger partial charge in [-0.15, -0.1) is 0 Å². The Morgan fingerprint density at radius 2 is 2.33 bits per heavy atom. The van der Waals surface area contributed by atoms with Crippen molar-refractivity contribution in [1.29, 1.82) is 0 Å². The molecular formula is C11H19N3O3S. The predicted octanol–water partition coefficient (Wildman–Crippen LogP) is -0.270. The number of aliphatic hydroxyl groups excluding tert-OH is 1. The summed E-state index contributed by atoms with van der Waals surface area (Å²) in [5.41, 5.74) is 0. The Hall–Kier alpha value is -0.950. The van der Waals surface area contributed by atoms with Gasteiger partial charge in [-0.05, 0) is 12.8 Å². The number of hydrogen-bond acceptors (Lipinski definition) is 4. The highest BCUT2D eigenvalue weighted by Gasteiger charge is 2.42. The van der Waals surface area contributed by atoms with Crippen molar-refractivity contribution in [3.8, 4) is 0 Å². The van der Waals surface area contributed by atoms with Gasteiger partial charge in [0, 0.05) is 24.5 Å². The maximum atomic E-state index is 11.5. The lowest BCUT2D eigenvalue weighted by Crippen LogP contribution is -2.37. The van der Waals surface area contributed by atoms with E-state index in [1.165, 1.54) is 4.90 Å². The molecule has 0 bridgehead atoms. The number of fused-ring (bicyclic) bond motifs is 1. The minimum absolute atomic E-state index is 0.0365. The fourth-order valence-corrected chi connectivity index (χ4v) is 3.91. The van der Waals surface area contributed by atoms with Gasteiger partial charge in [-0.1, -0.05) is 0 Å². The lowest BCUT2D eigenvalue weighted by atomic mass is 10.0. The van der Waals surface area contributed by atoms with Crippen molar-refractivity contribution in [3.63, 3.8) is 0 Å². The normalized spacial score (nSPS) is 29.7. The van der Waals surface area contributed by atoms with Crippen LogP contribution >= 0.6 is 11.8 Å². The molecular weight excluding hydrogens is 254 g/mol. The Labute approximate surface area is 110 Å². The smallest absolute Gasteiger partial charge is 0.315 e. The zero-order chi connectivity index (χ0) is 13.1. The molecule has 2 fully saturated rings. The van der Waals surface area contributed by atoms with Crippen LogP contribution in [0.4, 0.5) is 4.79 Å². The molecule has 102 valence electrons. The fourth-order valence-electron chi connectivity index (χ4n) is 2.37. The summed E-state index contributed by atoms with van der Waals surface area (Å²) < 4.78 is 0. The molecule has 2 heterocycles. The number of carbonyl (C=O) groups excluding carboxylic acids is 2. The summed E-state index contributed by atoms with van der Waals surface area (Å²) in [5, 5.41) is 15.0. The molecule has 18 heavy (non-hydrogen) atoms. The fraction of sp³-hybridized carbons (Fsp3) is 0.818. The molecule has 7 heteroatoms. The minimum atomic E-state index is -0.234. The molecule has 3 atom stereocenters. The minimum Gasteiger partial charge on any atom is -0.376 e. The lowest BCUT2D eigenvalue weighted by Gasteiger charge is -2.17. The molecule has 0 aromatic rings. The number of nitrogens with zero attached hydrogens (tertiary/aromatic N) is 1. The third-order valence-corrected chi connectivity index (χ3v) is 4.96. The van der Waals surface area contributed by atoms with E-state index in [0.717, 1.165) is 18.6 Å². The average Bonchev–Trinajstić information content (AvgIpc) is 2.88. The summed E-state index contributed by atoms with van der Waals surface area (Å²) in [6.45, 7) is -0.234. The number of nitrogens with one attached hydrogen (secondary N) is 2. The summed E-state index contributed by atoms with van der Waals surface area (Å²) in [7, 11) is 1.59. The highest BCUT2D eigenvalue weighted by Crippen LogP contribution is 2.33. The largest absolute Gasteiger partial charge is 0.376 e. The van der Waals surface area contributed by atoms with Gasteiger partial charge < -0.3 is 20.6 Å². The van der Waals surface area contributed by atoms with Crippen LogP contribution in [-0.2, 0) is 4.79 Å². The molecule has 6 nitrogen and oxygen atoms in total. The first-order chi connectivity index (χ1) is 8.61. The van der Waals surface area contributed by atoms with Crippen molar-refractivity contribution in [2.45, 2.75) is 36.6 Å². The number of rotatable bonds is 5. The van der Waals surface area contributed by atoms with Crippen LogP contribution < -0.4 is 10.6 Å². The summed E-state index contributed by atoms with van der Waals surface area (Å²) in [6.07, 6.45) is 2.16. The number of amides is 3. The van der Waals surface area contributed by atoms with Gasteiger partial charge in [0.1, 0.15) is 6.73 Å². The lowest BCUT2D eigenvalue weighted by molar-refractivity contribution is -0.133. The van der Waals surface area contributed by atoms with Gasteiger partial charge in [0.25, 0.3) is 0 Å². The van der Waals surface area contributed by atoms with Crippen molar-refractivity contribution >= 4 is 23.7 Å². The molecule has 3 unspecified atom stereocenters. The second-order valence-corrected chi connectivity index (χ2v) is 6.02. The summed E-state index contributed by atoms with van der Waals surface area (Å²) in [5.74, 6) is 0.907. The zero-order valence-electron chi connectivity index (χ0n) is 10.4. The van der Waals surface area contributed by atoms with E-state index in [4.69, 9.17) is 5.11 Å². The number of carbonyl (C=O) groups is 2. The van der Waals surface area contributed by atoms with Gasteiger partial charge in [-0.2, -0.15) is 11.8 Å². The Morgan fingerprint density at radius 1 is 1.56 bits per heavy atom. The van der Waals surface area contributed by atoms with Crippen LogP contribution in [0.25, 0.3) is 0 Å². The van der Waals surface area contributed by atoms with Crippen LogP contribution in [0.1, 0.15) is 19.3 Å². The van der Waals surface area contributed by atoms with Crippen LogP contribution in [0, 0.1) is 0 Å². The molecule has 0 radical (unpaired) electrons. The highest BCUT2D eigenvalue weighted by atomic mass is 32.2. The van der Waals surface area contributed by atoms with Crippen LogP contribution in [0.5, 0.6) is 0 Å². The van der Waals surface area contributed by atoms with E-state index in [1.807, 2.05) is 11.8 Å². The monoisotopic (exact) mass is 273 g/mol. The third kappa shape index (κ3) is 2.89. The molecule has 0 aromatic heterocycles. The number of thioether (sulfide) groups is 1. The van der Waals surface area contributed by atoms with Gasteiger partial charge in [-0.25, -0.2) is 4.79 Å². The predicted molar refractivity (Wildman–Crippen MR) is 69.2 cm³/mol. The van der Waals surface area contributed by atoms with E-state index in [-0.39, 0.29) is 30.8 Å². The molecule has 0 aliphatic carbocycles. The Balaban J connectivity index is 1.71. The van der Waals surface area contributed by atoms with E-state index >= 15 is 0 Å². The molecule has 0 saturated carbocycles. The van der Waals surface area contributed by atoms with E-state index in [0.29, 0.717) is 11.7 Å². The van der Waals surface area contributed by atoms with E-state index in [9.17, 15) is 9.59 Å². The van der Waals surface area contributed by atoms with Crippen LogP contribution in [0.3, 0.4) is 0 Å². The molecule has 0 spiro atoms. The van der Waals surface area contributed by atoms with Gasteiger partial charge in [0.15, 0.2) is 0 Å². The molecule has 2 aliphatic heterocycles. The number of hydrogen-bond donors (Lipinski definition) is 3. The van der Waals surface area contributed by atoms with Gasteiger partial charge in [-0.3, -0.25) is 4.79 Å². The van der Waals surface area contributed by atoms with E-state index in [2.05, 4.69) is 10.6 Å². The topological polar surface area (TPSA) is 81.7 Å². The summed E-state index contributed by atoms with van der Waals surface area (Å²) in [6, 6.07) is 0.364. The maximum Gasteiger partial charge on any atom is 0.315 e. The maximum absolute atomic E-state index is 11.5. The first-order valence-electron chi connectivity index (χ1n) is 6.15. The van der Waals surface area contributed by atoms with Crippen LogP contribution in [0.2, 0.25) is 0 Å². The summed E-state index contributed by atoms with van der Waals surface area (Å²) in [4.78, 5) is 24.0. The van der Waals surface area contributed by atoms with Crippen LogP contribution in [0.15, 0.2) is 0 Å². The van der Waals surface area contributed by atoms with Gasteiger partial charge in [0.2, 0.25) is 5.91 Å².